The van der Waals surface area contributed by atoms with Crippen molar-refractivity contribution in [2.24, 2.45) is 0 Å². The van der Waals surface area contributed by atoms with Crippen LogP contribution in [0.25, 0.3) is 11.3 Å². The van der Waals surface area contributed by atoms with Crippen LogP contribution in [0.5, 0.6) is 0 Å². The third-order valence-corrected chi connectivity index (χ3v) is 2.70. The van der Waals surface area contributed by atoms with Gasteiger partial charge in [0.15, 0.2) is 0 Å². The topological polar surface area (TPSA) is 17.8 Å². The van der Waals surface area contributed by atoms with E-state index in [4.69, 9.17) is 0 Å². The van der Waals surface area contributed by atoms with Crippen molar-refractivity contribution in [1.82, 2.24) is 9.78 Å². The molecule has 15 heavy (non-hydrogen) atoms. The van der Waals surface area contributed by atoms with E-state index in [0.29, 0.717) is 0 Å². The Morgan fingerprint density at radius 3 is 2.80 bits per heavy atom. The van der Waals surface area contributed by atoms with Gasteiger partial charge in [-0.2, -0.15) is 5.10 Å². The first kappa shape index (κ1) is 8.65. The molecule has 3 rings (SSSR count). The summed E-state index contributed by atoms with van der Waals surface area (Å²) >= 11 is 0. The number of rotatable bonds is 1. The zero-order chi connectivity index (χ0) is 10.3. The summed E-state index contributed by atoms with van der Waals surface area (Å²) < 4.78 is 14.7. The molecule has 1 aliphatic rings. The Kier molecular flexibility index (Phi) is 1.84. The first-order valence-electron chi connectivity index (χ1n) is 5.08. The van der Waals surface area contributed by atoms with Gasteiger partial charge in [0.25, 0.3) is 0 Å². The Hall–Kier alpha value is -1.64. The monoisotopic (exact) mass is 201 g/mol. The first-order chi connectivity index (χ1) is 7.33. The number of hydrogen-bond acceptors (Lipinski definition) is 1. The van der Waals surface area contributed by atoms with Crippen molar-refractivity contribution in [3.8, 4) is 11.3 Å². The molecule has 0 saturated heterocycles. The van der Waals surface area contributed by atoms with Gasteiger partial charge in [0.05, 0.1) is 0 Å². The number of nitrogens with zero attached hydrogens (tertiary/aromatic N) is 2. The van der Waals surface area contributed by atoms with Gasteiger partial charge in [-0.05, 0) is 37.1 Å². The molecule has 1 aromatic heterocycles. The third-order valence-electron chi connectivity index (χ3n) is 2.70. The minimum Gasteiger partial charge on any atom is -0.268 e. The van der Waals surface area contributed by atoms with Gasteiger partial charge in [0.2, 0.25) is 0 Å². The molecule has 75 valence electrons. The van der Waals surface area contributed by atoms with E-state index in [2.05, 4.69) is 11.2 Å². The van der Waals surface area contributed by atoms with Crippen LogP contribution in [0.15, 0.2) is 24.3 Å². The summed E-state index contributed by atoms with van der Waals surface area (Å²) in [5.74, 6) is -0.217. The van der Waals surface area contributed by atoms with E-state index in [0.717, 1.165) is 36.3 Å². The van der Waals surface area contributed by atoms with E-state index < -0.39 is 0 Å². The predicted molar refractivity (Wildman–Crippen MR) is 54.8 cm³/mol. The second kappa shape index (κ2) is 3.19. The molecule has 3 heteroatoms. The van der Waals surface area contributed by atoms with Crippen LogP contribution in [0.1, 0.15) is 12.1 Å². The van der Waals surface area contributed by atoms with Crippen molar-refractivity contribution < 1.29 is 4.39 Å². The van der Waals surface area contributed by atoms with Crippen molar-refractivity contribution in [2.45, 2.75) is 19.4 Å². The van der Waals surface area contributed by atoms with Gasteiger partial charge in [0, 0.05) is 23.9 Å². The minimum atomic E-state index is -0.217. The van der Waals surface area contributed by atoms with Crippen LogP contribution < -0.4 is 0 Å². The van der Waals surface area contributed by atoms with Crippen LogP contribution in [0.2, 0.25) is 0 Å². The van der Waals surface area contributed by atoms with Gasteiger partial charge < -0.3 is 0 Å². The van der Waals surface area contributed by atoms with Crippen LogP contribution in [-0.2, 0) is 13.0 Å². The lowest BCUT2D eigenvalue weighted by atomic mass is 10.1. The maximum atomic E-state index is 12.7. The molecule has 0 spiro atoms. The molecule has 0 N–H and O–H groups in total. The smallest absolute Gasteiger partial charge is 0.123 e. The Bertz CT molecular complexity index is 463. The molecule has 1 aromatic carbocycles. The third kappa shape index (κ3) is 1.44. The number of fused-ring (bicyclic) bond motifs is 1. The summed E-state index contributed by atoms with van der Waals surface area (Å²) in [4.78, 5) is 0. The van der Waals surface area contributed by atoms with E-state index in [1.807, 2.05) is 4.68 Å². The second-order valence-corrected chi connectivity index (χ2v) is 3.75. The minimum absolute atomic E-state index is 0.217. The van der Waals surface area contributed by atoms with Crippen LogP contribution in [0.4, 0.5) is 4.39 Å². The van der Waals surface area contributed by atoms with Crippen molar-refractivity contribution >= 4 is 0 Å². The maximum Gasteiger partial charge on any atom is 0.123 e. The van der Waals surface area contributed by atoms with Crippen LogP contribution in [0.3, 0.4) is 0 Å². The molecule has 0 bridgehead atoms. The Morgan fingerprint density at radius 2 is 2.07 bits per heavy atom. The van der Waals surface area contributed by atoms with E-state index >= 15 is 0 Å². The van der Waals surface area contributed by atoms with Crippen molar-refractivity contribution in [1.29, 1.82) is 0 Å². The predicted octanol–water partition coefficient (Wildman–Crippen LogP) is 2.44. The summed E-state index contributed by atoms with van der Waals surface area (Å²) in [6.07, 6.45) is 2.21. The highest BCUT2D eigenvalue weighted by atomic mass is 19.1. The quantitative estimate of drug-likeness (QED) is 0.693. The first-order valence-corrected chi connectivity index (χ1v) is 5.08. The Morgan fingerprint density at radius 1 is 1.27 bits per heavy atom. The number of aromatic nitrogens is 2. The second-order valence-electron chi connectivity index (χ2n) is 3.75. The zero-order valence-electron chi connectivity index (χ0n) is 8.20. The summed E-state index contributed by atoms with van der Waals surface area (Å²) in [5.41, 5.74) is 2.91. The number of benzene rings is 1. The normalized spacial score (nSPS) is 14.2. The molecule has 0 saturated carbocycles. The Balaban J connectivity index is 2.02. The standard InChI is InChI=1S/C12H10FN2/c13-10-5-3-9(4-6-10)12-8-11-2-1-7-15(11)14-12/h3-6H,1-2,7H2. The highest BCUT2D eigenvalue weighted by Gasteiger charge is 2.14. The van der Waals surface area contributed by atoms with Gasteiger partial charge in [0.1, 0.15) is 11.5 Å². The fraction of sp³-hybridized carbons (Fsp3) is 0.250. The molecule has 2 aromatic rings. The largest absolute Gasteiger partial charge is 0.268 e. The summed E-state index contributed by atoms with van der Waals surface area (Å²) in [6, 6.07) is 9.64. The molecule has 1 radical (unpaired) electrons. The average Bonchev–Trinajstić information content (AvgIpc) is 2.78. The number of hydrogen-bond donors (Lipinski definition) is 0. The van der Waals surface area contributed by atoms with Gasteiger partial charge in [-0.3, -0.25) is 4.68 Å². The van der Waals surface area contributed by atoms with E-state index in [1.165, 1.54) is 12.1 Å². The molecule has 1 aliphatic heterocycles. The van der Waals surface area contributed by atoms with Crippen LogP contribution in [-0.4, -0.2) is 9.78 Å². The average molecular weight is 201 g/mol. The summed E-state index contributed by atoms with van der Waals surface area (Å²) in [7, 11) is 0. The Labute approximate surface area is 87.4 Å². The van der Waals surface area contributed by atoms with Crippen molar-refractivity contribution in [3.63, 3.8) is 0 Å². The number of aryl methyl sites for hydroxylation is 2. The summed E-state index contributed by atoms with van der Waals surface area (Å²) in [5, 5.41) is 4.43. The highest BCUT2D eigenvalue weighted by molar-refractivity contribution is 5.58. The van der Waals surface area contributed by atoms with E-state index in [1.54, 1.807) is 12.1 Å². The van der Waals surface area contributed by atoms with Gasteiger partial charge >= 0.3 is 0 Å². The maximum absolute atomic E-state index is 12.7. The van der Waals surface area contributed by atoms with Gasteiger partial charge in [-0.25, -0.2) is 4.39 Å². The molecule has 0 amide bonds. The molecule has 2 heterocycles. The lowest BCUT2D eigenvalue weighted by Crippen LogP contribution is -1.94. The molecule has 2 nitrogen and oxygen atoms in total. The van der Waals surface area contributed by atoms with E-state index in [-0.39, 0.29) is 5.82 Å². The fourth-order valence-corrected chi connectivity index (χ4v) is 1.92. The lowest BCUT2D eigenvalue weighted by Gasteiger charge is -1.96. The highest BCUT2D eigenvalue weighted by Crippen LogP contribution is 2.22. The van der Waals surface area contributed by atoms with Gasteiger partial charge in [-0.15, -0.1) is 0 Å². The van der Waals surface area contributed by atoms with Gasteiger partial charge in [-0.1, -0.05) is 0 Å². The molecular weight excluding hydrogens is 191 g/mol. The SMILES string of the molecule is Fc1ccc(-c2[c]c3n(n2)CCC3)cc1. The molecule has 0 unspecified atom stereocenters. The van der Waals surface area contributed by atoms with Crippen molar-refractivity contribution in [2.75, 3.05) is 0 Å². The lowest BCUT2D eigenvalue weighted by molar-refractivity contribution is 0.628. The fourth-order valence-electron chi connectivity index (χ4n) is 1.92. The zero-order valence-corrected chi connectivity index (χ0v) is 8.20. The molecule has 0 aliphatic carbocycles. The molecule has 0 fully saturated rings. The van der Waals surface area contributed by atoms with Crippen molar-refractivity contribution in [3.05, 3.63) is 41.8 Å². The molecule has 0 atom stereocenters. The van der Waals surface area contributed by atoms with Crippen LogP contribution in [0, 0.1) is 11.9 Å². The van der Waals surface area contributed by atoms with E-state index in [9.17, 15) is 4.39 Å². The molecular formula is C12H10FN2. The number of halogens is 1. The summed E-state index contributed by atoms with van der Waals surface area (Å²) in [6.45, 7) is 0.979. The van der Waals surface area contributed by atoms with Crippen LogP contribution >= 0.6 is 0 Å².